The van der Waals surface area contributed by atoms with Gasteiger partial charge in [0.25, 0.3) is 0 Å². The Labute approximate surface area is 277 Å². The summed E-state index contributed by atoms with van der Waals surface area (Å²) >= 11 is 0. The maximum Gasteiger partial charge on any atom is 0.320 e. The second-order valence-electron chi connectivity index (χ2n) is 11.3. The van der Waals surface area contributed by atoms with E-state index in [1.165, 1.54) is 47.3 Å². The summed E-state index contributed by atoms with van der Waals surface area (Å²) in [5.41, 5.74) is 0. The summed E-state index contributed by atoms with van der Waals surface area (Å²) in [4.78, 5) is 103. The molecule has 4 amide bonds. The Morgan fingerprint density at radius 3 is 0.667 bits per heavy atom. The number of hydrogen-bond acceptors (Lipinski definition) is 12. The summed E-state index contributed by atoms with van der Waals surface area (Å²) < 4.78 is 0. The van der Waals surface area contributed by atoms with Crippen LogP contribution < -0.4 is 21.3 Å². The average Bonchev–Trinajstić information content (AvgIpc) is 3.02. The minimum atomic E-state index is -1.18. The van der Waals surface area contributed by atoms with Gasteiger partial charge in [0.05, 0.1) is 26.2 Å². The van der Waals surface area contributed by atoms with Crippen molar-refractivity contribution in [3.8, 4) is 0 Å². The normalized spacial score (nSPS) is 17.2. The van der Waals surface area contributed by atoms with Gasteiger partial charge in [-0.25, -0.2) is 0 Å². The summed E-state index contributed by atoms with van der Waals surface area (Å²) in [6.45, 7) is 3.43. The topological polar surface area (TPSA) is 279 Å². The van der Waals surface area contributed by atoms with Crippen LogP contribution >= 0.6 is 0 Å². The van der Waals surface area contributed by atoms with Gasteiger partial charge in [-0.1, -0.05) is 0 Å². The molecule has 48 heavy (non-hydrogen) atoms. The number of carboxylic acid groups (broad SMARTS) is 4. The molecule has 8 N–H and O–H groups in total. The summed E-state index contributed by atoms with van der Waals surface area (Å²) in [5, 5.41) is 47.1. The first kappa shape index (κ1) is 41.6. The first-order valence-electron chi connectivity index (χ1n) is 15.4. The van der Waals surface area contributed by atoms with E-state index in [2.05, 4.69) is 21.3 Å². The van der Waals surface area contributed by atoms with Gasteiger partial charge in [-0.3, -0.25) is 59.6 Å². The SMILES string of the molecule is C[C@H](NCC(=O)N1CCN(C(=O)CN[C@@H](C)C(=O)O)CCN(C(=O)CN[C@@H](C)C(=O)O)CCN(C(=O)CN[C@@H](C)C(=O)O)CC1)C(=O)O. The van der Waals surface area contributed by atoms with E-state index >= 15 is 0 Å². The highest BCUT2D eigenvalue weighted by molar-refractivity contribution is 5.83. The van der Waals surface area contributed by atoms with Crippen LogP contribution in [0.4, 0.5) is 0 Å². The molecule has 0 aliphatic carbocycles. The predicted octanol–water partition coefficient (Wildman–Crippen LogP) is -4.43. The maximum atomic E-state index is 13.2. The quantitative estimate of drug-likeness (QED) is 0.0759. The number of nitrogens with zero attached hydrogens (tertiary/aromatic N) is 4. The molecular formula is C28H48N8O12. The van der Waals surface area contributed by atoms with Crippen LogP contribution in [0, 0.1) is 0 Å². The molecule has 0 unspecified atom stereocenters. The fourth-order valence-electron chi connectivity index (χ4n) is 4.17. The van der Waals surface area contributed by atoms with E-state index in [0.29, 0.717) is 0 Å². The predicted molar refractivity (Wildman–Crippen MR) is 167 cm³/mol. The molecule has 0 bridgehead atoms. The van der Waals surface area contributed by atoms with Crippen LogP contribution in [-0.4, -0.2) is 190 Å². The maximum absolute atomic E-state index is 13.2. The Bertz CT molecular complexity index is 979. The third-order valence-corrected chi connectivity index (χ3v) is 7.69. The van der Waals surface area contributed by atoms with Crippen LogP contribution in [0.5, 0.6) is 0 Å². The lowest BCUT2D eigenvalue weighted by Crippen LogP contribution is -2.54. The lowest BCUT2D eigenvalue weighted by molar-refractivity contribution is -0.142. The summed E-state index contributed by atoms with van der Waals surface area (Å²) in [7, 11) is 0. The molecule has 0 saturated carbocycles. The first-order valence-corrected chi connectivity index (χ1v) is 15.4. The van der Waals surface area contributed by atoms with Crippen LogP contribution in [0.25, 0.3) is 0 Å². The molecule has 1 heterocycles. The Morgan fingerprint density at radius 1 is 0.396 bits per heavy atom. The van der Waals surface area contributed by atoms with E-state index in [-0.39, 0.29) is 78.5 Å². The van der Waals surface area contributed by atoms with Gasteiger partial charge >= 0.3 is 23.9 Å². The van der Waals surface area contributed by atoms with Crippen molar-refractivity contribution < 1.29 is 58.8 Å². The number of amides is 4. The molecule has 1 fully saturated rings. The number of hydrogen-bond donors (Lipinski definition) is 8. The molecule has 272 valence electrons. The molecule has 1 rings (SSSR count). The van der Waals surface area contributed by atoms with Gasteiger partial charge in [-0.2, -0.15) is 0 Å². The van der Waals surface area contributed by atoms with E-state index in [1.54, 1.807) is 0 Å². The Morgan fingerprint density at radius 2 is 0.542 bits per heavy atom. The van der Waals surface area contributed by atoms with Crippen LogP contribution in [0.15, 0.2) is 0 Å². The van der Waals surface area contributed by atoms with Crippen molar-refractivity contribution in [2.24, 2.45) is 0 Å². The van der Waals surface area contributed by atoms with Crippen molar-refractivity contribution in [3.63, 3.8) is 0 Å². The second kappa shape index (κ2) is 20.8. The van der Waals surface area contributed by atoms with Crippen molar-refractivity contribution >= 4 is 47.5 Å². The van der Waals surface area contributed by atoms with E-state index in [4.69, 9.17) is 0 Å². The van der Waals surface area contributed by atoms with Gasteiger partial charge in [-0.15, -0.1) is 0 Å². The fourth-order valence-corrected chi connectivity index (χ4v) is 4.17. The third kappa shape index (κ3) is 15.0. The van der Waals surface area contributed by atoms with E-state index < -0.39 is 71.7 Å². The lowest BCUT2D eigenvalue weighted by atomic mass is 10.2. The number of carbonyl (C=O) groups excluding carboxylic acids is 4. The number of nitrogens with one attached hydrogen (secondary N) is 4. The van der Waals surface area contributed by atoms with Crippen LogP contribution in [0.1, 0.15) is 27.7 Å². The van der Waals surface area contributed by atoms with Gasteiger partial charge in [0, 0.05) is 52.4 Å². The van der Waals surface area contributed by atoms with Crippen LogP contribution in [0.2, 0.25) is 0 Å². The van der Waals surface area contributed by atoms with Crippen LogP contribution in [-0.2, 0) is 38.4 Å². The number of aliphatic carboxylic acids is 4. The average molecular weight is 689 g/mol. The van der Waals surface area contributed by atoms with Gasteiger partial charge < -0.3 is 40.0 Å². The zero-order chi connectivity index (χ0) is 36.6. The van der Waals surface area contributed by atoms with E-state index in [9.17, 15) is 58.8 Å². The Hall–Kier alpha value is -4.40. The molecule has 1 aliphatic rings. The van der Waals surface area contributed by atoms with Crippen molar-refractivity contribution in [2.75, 3.05) is 78.5 Å². The van der Waals surface area contributed by atoms with E-state index in [0.717, 1.165) is 0 Å². The zero-order valence-electron chi connectivity index (χ0n) is 27.6. The van der Waals surface area contributed by atoms with Gasteiger partial charge in [0.15, 0.2) is 0 Å². The minimum absolute atomic E-state index is 0.0653. The summed E-state index contributed by atoms with van der Waals surface area (Å²) in [5.74, 6) is -6.80. The van der Waals surface area contributed by atoms with Crippen molar-refractivity contribution in [1.29, 1.82) is 0 Å². The molecule has 4 atom stereocenters. The molecule has 0 aromatic heterocycles. The Kier molecular flexibility index (Phi) is 18.0. The zero-order valence-corrected chi connectivity index (χ0v) is 27.6. The standard InChI is InChI=1S/C28H48N8O12/c1-17(25(41)42)29-13-21(37)33-5-7-34(22(38)14-30-18(2)26(43)44)9-11-36(24(40)16-32-20(4)28(47)48)12-10-35(8-6-33)23(39)15-31-19(3)27(45)46/h17-20,29-32H,5-16H2,1-4H3,(H,41,42)(H,43,44)(H,45,46)(H,47,48)/t17-,18-,19-,20-/m0/s1. The molecule has 0 spiro atoms. The first-order chi connectivity index (χ1) is 22.4. The molecule has 1 saturated heterocycles. The Balaban J connectivity index is 3.33. The fraction of sp³-hybridized carbons (Fsp3) is 0.714. The molecule has 1 aliphatic heterocycles. The van der Waals surface area contributed by atoms with Gasteiger partial charge in [0.1, 0.15) is 24.2 Å². The monoisotopic (exact) mass is 688 g/mol. The highest BCUT2D eigenvalue weighted by atomic mass is 16.4. The van der Waals surface area contributed by atoms with Crippen molar-refractivity contribution in [2.45, 2.75) is 51.9 Å². The van der Waals surface area contributed by atoms with Crippen LogP contribution in [0.3, 0.4) is 0 Å². The lowest BCUT2D eigenvalue weighted by Gasteiger charge is -2.35. The molecule has 0 radical (unpaired) electrons. The molecule has 20 nitrogen and oxygen atoms in total. The molecule has 0 aromatic rings. The minimum Gasteiger partial charge on any atom is -0.480 e. The number of carboxylic acids is 4. The van der Waals surface area contributed by atoms with Gasteiger partial charge in [0.2, 0.25) is 23.6 Å². The second-order valence-corrected chi connectivity index (χ2v) is 11.3. The number of rotatable bonds is 16. The molecular weight excluding hydrogens is 640 g/mol. The third-order valence-electron chi connectivity index (χ3n) is 7.69. The summed E-state index contributed by atoms with van der Waals surface area (Å²) in [6.07, 6.45) is 0. The number of carbonyl (C=O) groups is 8. The molecule has 0 aromatic carbocycles. The van der Waals surface area contributed by atoms with E-state index in [1.807, 2.05) is 0 Å². The molecule has 20 heteroatoms. The highest BCUT2D eigenvalue weighted by Crippen LogP contribution is 2.04. The van der Waals surface area contributed by atoms with Crippen molar-refractivity contribution in [3.05, 3.63) is 0 Å². The van der Waals surface area contributed by atoms with Crippen molar-refractivity contribution in [1.82, 2.24) is 40.9 Å². The smallest absolute Gasteiger partial charge is 0.320 e. The largest absolute Gasteiger partial charge is 0.480 e. The van der Waals surface area contributed by atoms with Gasteiger partial charge in [-0.05, 0) is 27.7 Å². The highest BCUT2D eigenvalue weighted by Gasteiger charge is 2.26. The summed E-state index contributed by atoms with van der Waals surface area (Å²) in [6, 6.07) is -4.17.